The van der Waals surface area contributed by atoms with E-state index in [1.807, 2.05) is 0 Å². The first kappa shape index (κ1) is 18.4. The molecule has 1 aliphatic rings. The summed E-state index contributed by atoms with van der Waals surface area (Å²) in [5.41, 5.74) is -0.306. The van der Waals surface area contributed by atoms with Gasteiger partial charge in [0.25, 0.3) is 0 Å². The number of hydrogen-bond donors (Lipinski definition) is 1. The first-order valence-electron chi connectivity index (χ1n) is 8.80. The van der Waals surface area contributed by atoms with Crippen molar-refractivity contribution >= 4 is 0 Å². The quantitative estimate of drug-likeness (QED) is 0.672. The van der Waals surface area contributed by atoms with Crippen molar-refractivity contribution in [2.75, 3.05) is 45.8 Å². The van der Waals surface area contributed by atoms with E-state index in [9.17, 15) is 5.26 Å². The standard InChI is InChI=1S/C17H34N4/c1-4-9-19-17(6-3,16-18)8-7-11-21-14-12-20(10-5-2)13-15-21/h19H,4-15H2,1-3H3. The average Bonchev–Trinajstić information content (AvgIpc) is 2.53. The zero-order valence-electron chi connectivity index (χ0n) is 14.3. The van der Waals surface area contributed by atoms with Crippen LogP contribution in [0.4, 0.5) is 0 Å². The molecule has 1 heterocycles. The summed E-state index contributed by atoms with van der Waals surface area (Å²) in [6.07, 6.45) is 5.32. The van der Waals surface area contributed by atoms with E-state index >= 15 is 0 Å². The third-order valence-electron chi connectivity index (χ3n) is 4.61. The Bertz CT molecular complexity index is 304. The maximum absolute atomic E-state index is 9.50. The van der Waals surface area contributed by atoms with Crippen molar-refractivity contribution in [1.29, 1.82) is 5.26 Å². The lowest BCUT2D eigenvalue weighted by molar-refractivity contribution is 0.129. The van der Waals surface area contributed by atoms with Crippen LogP contribution in [0.1, 0.15) is 52.9 Å². The van der Waals surface area contributed by atoms with Crippen molar-refractivity contribution in [1.82, 2.24) is 15.1 Å². The highest BCUT2D eigenvalue weighted by molar-refractivity contribution is 5.06. The van der Waals surface area contributed by atoms with Gasteiger partial charge in [-0.25, -0.2) is 0 Å². The van der Waals surface area contributed by atoms with Gasteiger partial charge in [0.2, 0.25) is 0 Å². The molecule has 1 rings (SSSR count). The highest BCUT2D eigenvalue weighted by Gasteiger charge is 2.26. The molecule has 1 fully saturated rings. The predicted molar refractivity (Wildman–Crippen MR) is 89.3 cm³/mol. The fourth-order valence-corrected chi connectivity index (χ4v) is 3.09. The van der Waals surface area contributed by atoms with Crippen LogP contribution in [-0.4, -0.2) is 61.2 Å². The molecule has 1 atom stereocenters. The fraction of sp³-hybridized carbons (Fsp3) is 0.941. The first-order valence-corrected chi connectivity index (χ1v) is 8.80. The molecule has 0 aromatic carbocycles. The molecule has 1 saturated heterocycles. The Hall–Kier alpha value is -0.630. The van der Waals surface area contributed by atoms with Gasteiger partial charge in [0.1, 0.15) is 5.54 Å². The highest BCUT2D eigenvalue weighted by Crippen LogP contribution is 2.17. The second-order valence-corrected chi connectivity index (χ2v) is 6.26. The van der Waals surface area contributed by atoms with Crippen LogP contribution in [-0.2, 0) is 0 Å². The van der Waals surface area contributed by atoms with Crippen molar-refractivity contribution < 1.29 is 0 Å². The first-order chi connectivity index (χ1) is 10.2. The lowest BCUT2D eigenvalue weighted by Crippen LogP contribution is -2.48. The zero-order chi connectivity index (χ0) is 15.6. The number of nitriles is 1. The summed E-state index contributed by atoms with van der Waals surface area (Å²) >= 11 is 0. The molecular weight excluding hydrogens is 260 g/mol. The van der Waals surface area contributed by atoms with Gasteiger partial charge < -0.3 is 9.80 Å². The molecule has 4 heteroatoms. The minimum Gasteiger partial charge on any atom is -0.301 e. The Morgan fingerprint density at radius 1 is 1.00 bits per heavy atom. The predicted octanol–water partition coefficient (Wildman–Crippen LogP) is 2.47. The van der Waals surface area contributed by atoms with Crippen LogP contribution in [0.3, 0.4) is 0 Å². The van der Waals surface area contributed by atoms with E-state index in [0.717, 1.165) is 38.8 Å². The van der Waals surface area contributed by atoms with Crippen molar-refractivity contribution in [3.8, 4) is 6.07 Å². The van der Waals surface area contributed by atoms with E-state index in [2.05, 4.69) is 42.0 Å². The van der Waals surface area contributed by atoms with Gasteiger partial charge in [-0.2, -0.15) is 5.26 Å². The van der Waals surface area contributed by atoms with Crippen LogP contribution in [0.25, 0.3) is 0 Å². The van der Waals surface area contributed by atoms with Crippen LogP contribution in [0.5, 0.6) is 0 Å². The second kappa shape index (κ2) is 10.2. The van der Waals surface area contributed by atoms with Crippen molar-refractivity contribution in [2.45, 2.75) is 58.4 Å². The smallest absolute Gasteiger partial charge is 0.106 e. The van der Waals surface area contributed by atoms with E-state index in [0.29, 0.717) is 0 Å². The molecule has 0 spiro atoms. The van der Waals surface area contributed by atoms with Crippen molar-refractivity contribution in [2.24, 2.45) is 0 Å². The van der Waals surface area contributed by atoms with Crippen LogP contribution in [0.15, 0.2) is 0 Å². The summed E-state index contributed by atoms with van der Waals surface area (Å²) in [5, 5.41) is 13.0. The molecule has 21 heavy (non-hydrogen) atoms. The Balaban J connectivity index is 2.27. The Morgan fingerprint density at radius 3 is 2.10 bits per heavy atom. The van der Waals surface area contributed by atoms with E-state index in [1.54, 1.807) is 0 Å². The Morgan fingerprint density at radius 2 is 1.62 bits per heavy atom. The molecule has 0 aromatic heterocycles. The van der Waals surface area contributed by atoms with Crippen LogP contribution < -0.4 is 5.32 Å². The molecule has 0 aromatic rings. The molecule has 1 unspecified atom stereocenters. The topological polar surface area (TPSA) is 42.3 Å². The van der Waals surface area contributed by atoms with E-state index in [-0.39, 0.29) is 5.54 Å². The normalized spacial score (nSPS) is 20.1. The van der Waals surface area contributed by atoms with E-state index < -0.39 is 0 Å². The summed E-state index contributed by atoms with van der Waals surface area (Å²) in [4.78, 5) is 5.12. The fourth-order valence-electron chi connectivity index (χ4n) is 3.09. The number of hydrogen-bond acceptors (Lipinski definition) is 4. The monoisotopic (exact) mass is 294 g/mol. The van der Waals surface area contributed by atoms with E-state index in [4.69, 9.17) is 0 Å². The SMILES string of the molecule is CCCNC(C#N)(CC)CCCN1CCN(CCC)CC1. The van der Waals surface area contributed by atoms with Crippen LogP contribution in [0, 0.1) is 11.3 Å². The molecule has 4 nitrogen and oxygen atoms in total. The van der Waals surface area contributed by atoms with Gasteiger partial charge in [-0.15, -0.1) is 0 Å². The number of nitrogens with one attached hydrogen (secondary N) is 1. The third-order valence-corrected chi connectivity index (χ3v) is 4.61. The van der Waals surface area contributed by atoms with Gasteiger partial charge >= 0.3 is 0 Å². The molecule has 0 amide bonds. The molecule has 1 N–H and O–H groups in total. The van der Waals surface area contributed by atoms with Gasteiger partial charge in [0, 0.05) is 26.2 Å². The molecule has 0 saturated carbocycles. The third kappa shape index (κ3) is 6.34. The highest BCUT2D eigenvalue weighted by atomic mass is 15.3. The number of rotatable bonds is 10. The summed E-state index contributed by atoms with van der Waals surface area (Å²) in [7, 11) is 0. The zero-order valence-corrected chi connectivity index (χ0v) is 14.3. The van der Waals surface area contributed by atoms with E-state index in [1.165, 1.54) is 39.1 Å². The molecular formula is C17H34N4. The van der Waals surface area contributed by atoms with Crippen molar-refractivity contribution in [3.05, 3.63) is 0 Å². The largest absolute Gasteiger partial charge is 0.301 e. The summed E-state index contributed by atoms with van der Waals surface area (Å²) in [5.74, 6) is 0. The van der Waals surface area contributed by atoms with Gasteiger partial charge in [-0.05, 0) is 51.7 Å². The van der Waals surface area contributed by atoms with Gasteiger partial charge in [0.05, 0.1) is 6.07 Å². The Labute approximate surface area is 131 Å². The van der Waals surface area contributed by atoms with Gasteiger partial charge in [-0.1, -0.05) is 20.8 Å². The van der Waals surface area contributed by atoms with Crippen LogP contribution in [0.2, 0.25) is 0 Å². The lowest BCUT2D eigenvalue weighted by Gasteiger charge is -2.35. The minimum absolute atomic E-state index is 0.306. The molecule has 0 aliphatic carbocycles. The maximum atomic E-state index is 9.50. The van der Waals surface area contributed by atoms with Gasteiger partial charge in [0.15, 0.2) is 0 Å². The summed E-state index contributed by atoms with van der Waals surface area (Å²) in [6.45, 7) is 14.6. The Kier molecular flexibility index (Phi) is 8.91. The minimum atomic E-state index is -0.306. The number of nitrogens with zero attached hydrogens (tertiary/aromatic N) is 3. The summed E-state index contributed by atoms with van der Waals surface area (Å²) in [6, 6.07) is 2.52. The second-order valence-electron chi connectivity index (χ2n) is 6.26. The molecule has 0 bridgehead atoms. The molecule has 122 valence electrons. The lowest BCUT2D eigenvalue weighted by atomic mass is 9.91. The number of piperazine rings is 1. The molecule has 1 aliphatic heterocycles. The summed E-state index contributed by atoms with van der Waals surface area (Å²) < 4.78 is 0. The van der Waals surface area contributed by atoms with Crippen LogP contribution >= 0.6 is 0 Å². The molecule has 0 radical (unpaired) electrons. The maximum Gasteiger partial charge on any atom is 0.106 e. The van der Waals surface area contributed by atoms with Gasteiger partial charge in [-0.3, -0.25) is 5.32 Å². The van der Waals surface area contributed by atoms with Crippen molar-refractivity contribution in [3.63, 3.8) is 0 Å². The average molecular weight is 294 g/mol.